The van der Waals surface area contributed by atoms with E-state index in [0.717, 1.165) is 0 Å². The predicted octanol–water partition coefficient (Wildman–Crippen LogP) is 3.61. The Balaban J connectivity index is 2.57. The Morgan fingerprint density at radius 1 is 0.812 bits per heavy atom. The fraction of sp³-hybridized carbons (Fsp3) is 0.217. The van der Waals surface area contributed by atoms with Gasteiger partial charge in [0, 0.05) is 5.56 Å². The molecule has 0 amide bonds. The number of carboxylic acids is 1. The highest BCUT2D eigenvalue weighted by molar-refractivity contribution is 6.16. The van der Waals surface area contributed by atoms with Crippen molar-refractivity contribution in [1.82, 2.24) is 0 Å². The van der Waals surface area contributed by atoms with Crippen molar-refractivity contribution in [3.8, 4) is 34.1 Å². The van der Waals surface area contributed by atoms with E-state index >= 15 is 0 Å². The average molecular weight is 441 g/mol. The zero-order valence-electron chi connectivity index (χ0n) is 18.3. The standard InChI is InChI=1S/C23H23NO8/c1-28-16-8-11-6-14(22(25)26)20(23(27)32-5)19(13(11)10-17(16)29-2)12-7-15(24)21(31-4)18(9-12)30-3/h6-10H,24H2,1-5H3,(H,25,26). The van der Waals surface area contributed by atoms with Gasteiger partial charge >= 0.3 is 11.9 Å². The van der Waals surface area contributed by atoms with Crippen LogP contribution in [-0.4, -0.2) is 52.6 Å². The molecule has 3 rings (SSSR count). The number of rotatable bonds is 7. The minimum atomic E-state index is -1.29. The molecule has 9 heteroatoms. The van der Waals surface area contributed by atoms with Crippen molar-refractivity contribution < 1.29 is 38.4 Å². The highest BCUT2D eigenvalue weighted by Gasteiger charge is 2.27. The Bertz CT molecular complexity index is 1220. The highest BCUT2D eigenvalue weighted by atomic mass is 16.5. The number of anilines is 1. The topological polar surface area (TPSA) is 127 Å². The molecule has 0 saturated carbocycles. The van der Waals surface area contributed by atoms with E-state index in [2.05, 4.69) is 0 Å². The highest BCUT2D eigenvalue weighted by Crippen LogP contribution is 2.44. The van der Waals surface area contributed by atoms with Crippen molar-refractivity contribution in [2.45, 2.75) is 0 Å². The van der Waals surface area contributed by atoms with Crippen LogP contribution in [0.1, 0.15) is 20.7 Å². The van der Waals surface area contributed by atoms with Crippen LogP contribution in [0, 0.1) is 0 Å². The molecule has 0 atom stereocenters. The molecule has 32 heavy (non-hydrogen) atoms. The summed E-state index contributed by atoms with van der Waals surface area (Å²) in [6.45, 7) is 0. The summed E-state index contributed by atoms with van der Waals surface area (Å²) >= 11 is 0. The lowest BCUT2D eigenvalue weighted by Gasteiger charge is -2.19. The van der Waals surface area contributed by atoms with Crippen LogP contribution in [0.2, 0.25) is 0 Å². The zero-order chi connectivity index (χ0) is 23.6. The number of carbonyl (C=O) groups is 2. The average Bonchev–Trinajstić information content (AvgIpc) is 2.80. The van der Waals surface area contributed by atoms with Gasteiger partial charge in [-0.15, -0.1) is 0 Å². The summed E-state index contributed by atoms with van der Waals surface area (Å²) in [7, 11) is 7.03. The lowest BCUT2D eigenvalue weighted by atomic mass is 9.88. The smallest absolute Gasteiger partial charge is 0.339 e. The molecular weight excluding hydrogens is 418 g/mol. The number of esters is 1. The minimum Gasteiger partial charge on any atom is -0.493 e. The molecule has 0 aliphatic rings. The third kappa shape index (κ3) is 3.68. The van der Waals surface area contributed by atoms with Gasteiger partial charge in [-0.25, -0.2) is 9.59 Å². The van der Waals surface area contributed by atoms with Gasteiger partial charge in [-0.2, -0.15) is 0 Å². The number of methoxy groups -OCH3 is 5. The van der Waals surface area contributed by atoms with Crippen molar-refractivity contribution in [3.63, 3.8) is 0 Å². The molecule has 0 spiro atoms. The lowest BCUT2D eigenvalue weighted by molar-refractivity contribution is 0.0584. The van der Waals surface area contributed by atoms with Crippen LogP contribution in [0.15, 0.2) is 30.3 Å². The molecule has 0 bridgehead atoms. The SMILES string of the molecule is COC(=O)c1c(C(=O)O)cc2cc(OC)c(OC)cc2c1-c1cc(N)c(OC)c(OC)c1. The van der Waals surface area contributed by atoms with Crippen LogP contribution < -0.4 is 24.7 Å². The fourth-order valence-corrected chi connectivity index (χ4v) is 3.65. The van der Waals surface area contributed by atoms with E-state index in [9.17, 15) is 14.7 Å². The van der Waals surface area contributed by atoms with E-state index in [1.165, 1.54) is 41.6 Å². The molecule has 168 valence electrons. The zero-order valence-corrected chi connectivity index (χ0v) is 18.3. The van der Waals surface area contributed by atoms with Crippen LogP contribution in [0.4, 0.5) is 5.69 Å². The van der Waals surface area contributed by atoms with Gasteiger partial charge in [-0.05, 0) is 46.7 Å². The van der Waals surface area contributed by atoms with E-state index in [4.69, 9.17) is 29.4 Å². The monoisotopic (exact) mass is 441 g/mol. The maximum absolute atomic E-state index is 12.8. The van der Waals surface area contributed by atoms with Crippen LogP contribution in [0.25, 0.3) is 21.9 Å². The summed E-state index contributed by atoms with van der Waals surface area (Å²) in [4.78, 5) is 24.9. The molecule has 0 aliphatic heterocycles. The minimum absolute atomic E-state index is 0.133. The molecule has 3 aromatic carbocycles. The molecule has 3 N–H and O–H groups in total. The lowest BCUT2D eigenvalue weighted by Crippen LogP contribution is -2.13. The van der Waals surface area contributed by atoms with Gasteiger partial charge in [-0.3, -0.25) is 0 Å². The number of ether oxygens (including phenoxy) is 5. The summed E-state index contributed by atoms with van der Waals surface area (Å²) in [6, 6.07) is 7.87. The second-order valence-electron chi connectivity index (χ2n) is 6.70. The third-order valence-corrected chi connectivity index (χ3v) is 5.06. The first kappa shape index (κ1) is 22.5. The van der Waals surface area contributed by atoms with E-state index in [1.54, 1.807) is 24.3 Å². The van der Waals surface area contributed by atoms with Crippen LogP contribution >= 0.6 is 0 Å². The second kappa shape index (κ2) is 8.93. The van der Waals surface area contributed by atoms with Crippen LogP contribution in [0.5, 0.6) is 23.0 Å². The number of fused-ring (bicyclic) bond motifs is 1. The van der Waals surface area contributed by atoms with Gasteiger partial charge in [0.2, 0.25) is 0 Å². The van der Waals surface area contributed by atoms with Gasteiger partial charge in [0.05, 0.1) is 52.4 Å². The molecule has 9 nitrogen and oxygen atoms in total. The summed E-state index contributed by atoms with van der Waals surface area (Å²) < 4.78 is 26.4. The molecule has 0 heterocycles. The maximum atomic E-state index is 12.8. The number of hydrogen-bond acceptors (Lipinski definition) is 8. The Morgan fingerprint density at radius 2 is 1.44 bits per heavy atom. The van der Waals surface area contributed by atoms with E-state index in [1.807, 2.05) is 0 Å². The Hall–Kier alpha value is -4.14. The first-order valence-corrected chi connectivity index (χ1v) is 9.37. The van der Waals surface area contributed by atoms with Crippen molar-refractivity contribution >= 4 is 28.4 Å². The number of aromatic carboxylic acids is 1. The van der Waals surface area contributed by atoms with Gasteiger partial charge < -0.3 is 34.5 Å². The summed E-state index contributed by atoms with van der Waals surface area (Å²) in [6.07, 6.45) is 0. The molecule has 0 radical (unpaired) electrons. The number of carboxylic acid groups (broad SMARTS) is 1. The van der Waals surface area contributed by atoms with Gasteiger partial charge in [-0.1, -0.05) is 0 Å². The van der Waals surface area contributed by atoms with E-state index < -0.39 is 11.9 Å². The quantitative estimate of drug-likeness (QED) is 0.417. The Labute approximate surface area is 184 Å². The van der Waals surface area contributed by atoms with Crippen LogP contribution in [0.3, 0.4) is 0 Å². The largest absolute Gasteiger partial charge is 0.493 e. The van der Waals surface area contributed by atoms with Crippen LogP contribution in [-0.2, 0) is 4.74 Å². The molecule has 3 aromatic rings. The normalized spacial score (nSPS) is 10.5. The molecule has 0 saturated heterocycles. The molecule has 0 fully saturated rings. The predicted molar refractivity (Wildman–Crippen MR) is 118 cm³/mol. The number of hydrogen-bond donors (Lipinski definition) is 2. The molecule has 0 aliphatic carbocycles. The molecule has 0 aromatic heterocycles. The second-order valence-corrected chi connectivity index (χ2v) is 6.70. The first-order chi connectivity index (χ1) is 15.3. The number of benzene rings is 3. The van der Waals surface area contributed by atoms with E-state index in [0.29, 0.717) is 44.9 Å². The van der Waals surface area contributed by atoms with Crippen molar-refractivity contribution in [2.24, 2.45) is 0 Å². The van der Waals surface area contributed by atoms with Crippen molar-refractivity contribution in [1.29, 1.82) is 0 Å². The molecule has 0 unspecified atom stereocenters. The summed E-state index contributed by atoms with van der Waals surface area (Å²) in [5.74, 6) is -0.686. The van der Waals surface area contributed by atoms with Gasteiger partial charge in [0.1, 0.15) is 0 Å². The third-order valence-electron chi connectivity index (χ3n) is 5.06. The fourth-order valence-electron chi connectivity index (χ4n) is 3.65. The molecular formula is C23H23NO8. The van der Waals surface area contributed by atoms with Crippen molar-refractivity contribution in [3.05, 3.63) is 41.5 Å². The number of nitrogens with two attached hydrogens (primary N) is 1. The summed E-state index contributed by atoms with van der Waals surface area (Å²) in [5.41, 5.74) is 6.76. The maximum Gasteiger partial charge on any atom is 0.339 e. The van der Waals surface area contributed by atoms with Gasteiger partial charge in [0.15, 0.2) is 23.0 Å². The van der Waals surface area contributed by atoms with Crippen molar-refractivity contribution in [2.75, 3.05) is 41.3 Å². The number of carbonyl (C=O) groups excluding carboxylic acids is 1. The number of nitrogen functional groups attached to an aromatic ring is 1. The van der Waals surface area contributed by atoms with Gasteiger partial charge in [0.25, 0.3) is 0 Å². The summed E-state index contributed by atoms with van der Waals surface area (Å²) in [5, 5.41) is 10.9. The van der Waals surface area contributed by atoms with E-state index in [-0.39, 0.29) is 16.8 Å². The first-order valence-electron chi connectivity index (χ1n) is 9.37. The Morgan fingerprint density at radius 3 is 1.97 bits per heavy atom. The Kier molecular flexibility index (Phi) is 6.29.